The number of pyridine rings is 1. The van der Waals surface area contributed by atoms with Crippen LogP contribution in [0.15, 0.2) is 59.9 Å². The Labute approximate surface area is 458 Å². The number of ketones is 1. The molecular formula is C50H55N11O18S. The third-order valence-corrected chi connectivity index (χ3v) is 14.7. The van der Waals surface area contributed by atoms with Gasteiger partial charge in [-0.2, -0.15) is 11.8 Å². The van der Waals surface area contributed by atoms with E-state index < -0.39 is 127 Å². The highest BCUT2D eigenvalue weighted by Gasteiger charge is 2.44. The number of benzene rings is 1. The van der Waals surface area contributed by atoms with Crippen LogP contribution in [0.4, 0.5) is 4.79 Å². The molecule has 7 unspecified atom stereocenters. The van der Waals surface area contributed by atoms with Crippen molar-refractivity contribution >= 4 is 101 Å². The lowest BCUT2D eigenvalue weighted by Crippen LogP contribution is -2.53. The molecule has 5 aliphatic rings. The van der Waals surface area contributed by atoms with Crippen molar-refractivity contribution < 1.29 is 87.0 Å². The Balaban J connectivity index is 0.931. The van der Waals surface area contributed by atoms with Gasteiger partial charge in [0, 0.05) is 68.6 Å². The molecule has 0 spiro atoms. The SMILES string of the molecule is C=C1CCC(=O)N1OC(=O)c1ccc(C=NCc2ccc(C(=O)NC(CC(=O)O)C(=O)N3CCCC3C(=O)CC(CC(=O)ON3C(=O)CCC3=O)C(=O)NCC(=O)NC(CNC(=O)CC3SCC4NC(=O)NC43)C(=O)O)cn2)cc1. The van der Waals surface area contributed by atoms with Crippen LogP contribution in [0.3, 0.4) is 0 Å². The average molecular weight is 1130 g/mol. The number of amides is 10. The van der Waals surface area contributed by atoms with Crippen LogP contribution >= 0.6 is 11.8 Å². The Hall–Kier alpha value is -9.09. The fourth-order valence-corrected chi connectivity index (χ4v) is 10.6. The molecule has 0 radical (unpaired) electrons. The molecule has 5 saturated heterocycles. The number of hydrogen-bond donors (Lipinski definition) is 8. The van der Waals surface area contributed by atoms with Gasteiger partial charge >= 0.3 is 29.9 Å². The number of hydrogen-bond acceptors (Lipinski definition) is 19. The number of hydroxylamine groups is 4. The van der Waals surface area contributed by atoms with Gasteiger partial charge in [-0.25, -0.2) is 19.2 Å². The molecule has 5 fully saturated rings. The standard InChI is InChI=1S/C50H55N11O18S/c1-25-4-11-39(65)60(25)79-49(76)27-7-5-26(6-8-27)19-51-21-30-10-9-28(20-52-30)46(72)56-31(17-42(68)69)47(73)59-14-2-3-34(59)35(62)15-29(16-43(70)78-61-40(66)12-13-41(61)67)45(71)54-23-38(64)55-32(48(74)75)22-53-37(63)18-36-44-33(24-80-36)57-50(77)58-44/h5-10,19-20,29,31-34,36,44H,1-4,11-18,21-24H2,(H,53,63)(H,54,71)(H,55,64)(H,56,72)(H,68,69)(H,74,75)(H2,57,58,77). The predicted octanol–water partition coefficient (Wildman–Crippen LogP) is -1.60. The van der Waals surface area contributed by atoms with E-state index in [4.69, 9.17) is 9.68 Å². The number of carbonyl (C=O) groups excluding carboxylic acids is 12. The van der Waals surface area contributed by atoms with E-state index in [9.17, 15) is 77.3 Å². The molecule has 10 amide bonds. The number of carbonyl (C=O) groups is 14. The van der Waals surface area contributed by atoms with E-state index in [-0.39, 0.29) is 97.1 Å². The number of Topliss-reactive ketones (excluding diaryl/α,β-unsaturated/α-hetero) is 1. The zero-order chi connectivity index (χ0) is 57.8. The van der Waals surface area contributed by atoms with Crippen molar-refractivity contribution in [2.75, 3.05) is 25.4 Å². The number of carboxylic acids is 2. The first kappa shape index (κ1) is 58.6. The number of urea groups is 1. The summed E-state index contributed by atoms with van der Waals surface area (Å²) in [6, 6.07) is 3.45. The molecule has 0 aliphatic carbocycles. The zero-order valence-electron chi connectivity index (χ0n) is 42.5. The number of nitrogens with one attached hydrogen (secondary N) is 6. The molecule has 7 atom stereocenters. The maximum absolute atomic E-state index is 14.1. The molecule has 80 heavy (non-hydrogen) atoms. The number of aliphatic carboxylic acids is 2. The summed E-state index contributed by atoms with van der Waals surface area (Å²) in [5.74, 6) is -13.7. The van der Waals surface area contributed by atoms with Crippen molar-refractivity contribution in [1.82, 2.24) is 51.9 Å². The van der Waals surface area contributed by atoms with Crippen LogP contribution in [0.1, 0.15) is 96.2 Å². The summed E-state index contributed by atoms with van der Waals surface area (Å²) < 4.78 is 0. The van der Waals surface area contributed by atoms with E-state index in [0.717, 1.165) is 9.96 Å². The fourth-order valence-electron chi connectivity index (χ4n) is 9.09. The highest BCUT2D eigenvalue weighted by atomic mass is 32.2. The maximum Gasteiger partial charge on any atom is 0.363 e. The highest BCUT2D eigenvalue weighted by Crippen LogP contribution is 2.32. The summed E-state index contributed by atoms with van der Waals surface area (Å²) in [5.41, 5.74) is 1.51. The van der Waals surface area contributed by atoms with Crippen LogP contribution in [-0.2, 0) is 69.0 Å². The van der Waals surface area contributed by atoms with Crippen LogP contribution in [0.2, 0.25) is 0 Å². The van der Waals surface area contributed by atoms with Gasteiger partial charge in [0.05, 0.1) is 72.5 Å². The molecule has 0 bridgehead atoms. The summed E-state index contributed by atoms with van der Waals surface area (Å²) in [7, 11) is 0. The normalized spacial score (nSPS) is 20.6. The molecule has 30 heteroatoms. The Kier molecular flexibility index (Phi) is 19.4. The minimum atomic E-state index is -1.72. The Bertz CT molecular complexity index is 2870. The molecule has 7 rings (SSSR count). The van der Waals surface area contributed by atoms with E-state index in [1.807, 2.05) is 0 Å². The van der Waals surface area contributed by atoms with Crippen molar-refractivity contribution in [3.05, 3.63) is 77.3 Å². The number of rotatable bonds is 25. The summed E-state index contributed by atoms with van der Waals surface area (Å²) in [6.07, 6.45) is 0.204. The Morgan fingerprint density at radius 1 is 0.812 bits per heavy atom. The maximum atomic E-state index is 14.1. The van der Waals surface area contributed by atoms with Crippen LogP contribution in [0.25, 0.3) is 0 Å². The van der Waals surface area contributed by atoms with Gasteiger partial charge in [-0.1, -0.05) is 18.7 Å². The Morgan fingerprint density at radius 2 is 1.51 bits per heavy atom. The zero-order valence-corrected chi connectivity index (χ0v) is 43.4. The van der Waals surface area contributed by atoms with E-state index in [0.29, 0.717) is 29.1 Å². The predicted molar refractivity (Wildman–Crippen MR) is 271 cm³/mol. The van der Waals surface area contributed by atoms with Gasteiger partial charge in [0.15, 0.2) is 5.78 Å². The summed E-state index contributed by atoms with van der Waals surface area (Å²) in [5, 5.41) is 35.0. The first-order valence-electron chi connectivity index (χ1n) is 25.1. The monoisotopic (exact) mass is 1130 g/mol. The lowest BCUT2D eigenvalue weighted by molar-refractivity contribution is -0.198. The van der Waals surface area contributed by atoms with Crippen molar-refractivity contribution in [1.29, 1.82) is 0 Å². The number of allylic oxidation sites excluding steroid dienone is 1. The molecule has 5 aliphatic heterocycles. The molecular weight excluding hydrogens is 1070 g/mol. The van der Waals surface area contributed by atoms with Gasteiger partial charge in [-0.15, -0.1) is 10.1 Å². The molecule has 424 valence electrons. The molecule has 1 aromatic carbocycles. The molecule has 8 N–H and O–H groups in total. The number of imide groups is 1. The second-order valence-corrected chi connectivity index (χ2v) is 20.3. The number of aromatic nitrogens is 1. The highest BCUT2D eigenvalue weighted by molar-refractivity contribution is 8.00. The van der Waals surface area contributed by atoms with Crippen LogP contribution in [-0.4, -0.2) is 180 Å². The van der Waals surface area contributed by atoms with Gasteiger partial charge in [-0.3, -0.25) is 57.9 Å². The quantitative estimate of drug-likeness (QED) is 0.0315. The first-order valence-corrected chi connectivity index (χ1v) is 26.1. The second kappa shape index (κ2) is 26.5. The lowest BCUT2D eigenvalue weighted by Gasteiger charge is -2.29. The van der Waals surface area contributed by atoms with Gasteiger partial charge in [-0.05, 0) is 49.1 Å². The summed E-state index contributed by atoms with van der Waals surface area (Å²) in [4.78, 5) is 198. The van der Waals surface area contributed by atoms with Crippen LogP contribution < -0.4 is 31.9 Å². The molecule has 1 aromatic heterocycles. The minimum Gasteiger partial charge on any atom is -0.481 e. The molecule has 6 heterocycles. The largest absolute Gasteiger partial charge is 0.481 e. The lowest BCUT2D eigenvalue weighted by atomic mass is 9.93. The van der Waals surface area contributed by atoms with Crippen LogP contribution in [0, 0.1) is 5.92 Å². The van der Waals surface area contributed by atoms with Crippen molar-refractivity contribution in [2.45, 2.75) is 106 Å². The van der Waals surface area contributed by atoms with Gasteiger partial charge < -0.3 is 56.7 Å². The van der Waals surface area contributed by atoms with Crippen molar-refractivity contribution in [3.63, 3.8) is 0 Å². The van der Waals surface area contributed by atoms with Crippen molar-refractivity contribution in [2.24, 2.45) is 10.9 Å². The number of thioether (sulfide) groups is 1. The van der Waals surface area contributed by atoms with E-state index in [1.54, 1.807) is 12.1 Å². The summed E-state index contributed by atoms with van der Waals surface area (Å²) >= 11 is 1.44. The molecule has 2 aromatic rings. The smallest absolute Gasteiger partial charge is 0.363 e. The Morgan fingerprint density at radius 3 is 2.17 bits per heavy atom. The van der Waals surface area contributed by atoms with Crippen LogP contribution in [0.5, 0.6) is 0 Å². The molecule has 29 nitrogen and oxygen atoms in total. The van der Waals surface area contributed by atoms with E-state index in [1.165, 1.54) is 48.4 Å². The van der Waals surface area contributed by atoms with Gasteiger partial charge in [0.25, 0.3) is 23.6 Å². The minimum absolute atomic E-state index is 0.00436. The topological polar surface area (TPSA) is 405 Å². The third kappa shape index (κ3) is 15.3. The molecule has 0 saturated carbocycles. The number of nitrogens with zero attached hydrogens (tertiary/aromatic N) is 5. The number of carboxylic acid groups (broad SMARTS) is 2. The number of likely N-dealkylation sites (tertiary alicyclic amines) is 1. The van der Waals surface area contributed by atoms with E-state index in [2.05, 4.69) is 48.5 Å². The number of fused-ring (bicyclic) bond motifs is 1. The summed E-state index contributed by atoms with van der Waals surface area (Å²) in [6.45, 7) is 2.19. The van der Waals surface area contributed by atoms with Gasteiger partial charge in [0.1, 0.15) is 12.1 Å². The second-order valence-electron chi connectivity index (χ2n) is 19.0. The third-order valence-electron chi connectivity index (χ3n) is 13.2. The first-order chi connectivity index (χ1) is 38.1. The van der Waals surface area contributed by atoms with Crippen molar-refractivity contribution in [3.8, 4) is 0 Å². The fraction of sp³-hybridized carbons (Fsp3) is 0.440. The van der Waals surface area contributed by atoms with Gasteiger partial charge in [0.2, 0.25) is 23.6 Å². The number of aliphatic imine (C=N–C) groups is 1. The van der Waals surface area contributed by atoms with E-state index >= 15 is 0 Å². The average Bonchev–Trinajstić information content (AvgIpc) is 4.27.